The van der Waals surface area contributed by atoms with Crippen LogP contribution in [0.15, 0.2) is 18.5 Å². The van der Waals surface area contributed by atoms with Crippen LogP contribution in [0.2, 0.25) is 0 Å². The number of aromatic amines is 1. The number of imidazole rings is 1. The molecule has 0 aliphatic carbocycles. The van der Waals surface area contributed by atoms with Crippen LogP contribution < -0.4 is 5.73 Å². The fourth-order valence-electron chi connectivity index (χ4n) is 2.81. The molecule has 1 atom stereocenters. The van der Waals surface area contributed by atoms with Crippen molar-refractivity contribution in [1.29, 1.82) is 0 Å². The number of H-pyrrole nitrogens is 1. The summed E-state index contributed by atoms with van der Waals surface area (Å²) < 4.78 is 2.27. The first-order valence-electron chi connectivity index (χ1n) is 6.79. The molecule has 3 aromatic rings. The molecule has 19 heavy (non-hydrogen) atoms. The third-order valence-corrected chi connectivity index (χ3v) is 3.64. The minimum atomic E-state index is 0.397. The molecule has 5 heteroatoms. The molecule has 0 aromatic carbocycles. The number of nitrogens with zero attached hydrogens (tertiary/aromatic N) is 3. The highest BCUT2D eigenvalue weighted by Crippen LogP contribution is 2.28. The van der Waals surface area contributed by atoms with Gasteiger partial charge in [-0.25, -0.2) is 9.97 Å². The van der Waals surface area contributed by atoms with Crippen molar-refractivity contribution in [2.45, 2.75) is 39.3 Å². The van der Waals surface area contributed by atoms with Crippen LogP contribution in [0.4, 0.5) is 0 Å². The first kappa shape index (κ1) is 12.2. The molecule has 0 spiro atoms. The third-order valence-electron chi connectivity index (χ3n) is 3.64. The Kier molecular flexibility index (Phi) is 2.98. The van der Waals surface area contributed by atoms with Crippen LogP contribution in [-0.4, -0.2) is 19.5 Å². The largest absolute Gasteiger partial charge is 0.346 e. The summed E-state index contributed by atoms with van der Waals surface area (Å²) in [4.78, 5) is 12.2. The number of rotatable bonds is 4. The molecule has 0 aliphatic heterocycles. The molecule has 3 N–H and O–H groups in total. The molecule has 3 aromatic heterocycles. The van der Waals surface area contributed by atoms with E-state index in [1.54, 1.807) is 0 Å². The van der Waals surface area contributed by atoms with Gasteiger partial charge < -0.3 is 15.3 Å². The van der Waals surface area contributed by atoms with Gasteiger partial charge in [0.15, 0.2) is 0 Å². The topological polar surface area (TPSA) is 72.5 Å². The van der Waals surface area contributed by atoms with Crippen molar-refractivity contribution in [3.8, 4) is 0 Å². The van der Waals surface area contributed by atoms with Gasteiger partial charge in [-0.1, -0.05) is 13.3 Å². The fourth-order valence-corrected chi connectivity index (χ4v) is 2.81. The second-order valence-electron chi connectivity index (χ2n) is 4.97. The molecule has 0 aliphatic rings. The maximum absolute atomic E-state index is 5.86. The molecule has 0 radical (unpaired) electrons. The van der Waals surface area contributed by atoms with E-state index >= 15 is 0 Å². The Morgan fingerprint density at radius 3 is 3.05 bits per heavy atom. The van der Waals surface area contributed by atoms with E-state index < -0.39 is 0 Å². The highest BCUT2D eigenvalue weighted by Gasteiger charge is 2.17. The smallest absolute Gasteiger partial charge is 0.139 e. The van der Waals surface area contributed by atoms with Crippen LogP contribution >= 0.6 is 0 Å². The van der Waals surface area contributed by atoms with Gasteiger partial charge in [0.05, 0.1) is 18.3 Å². The molecule has 3 rings (SSSR count). The Hall–Kier alpha value is -1.88. The zero-order chi connectivity index (χ0) is 13.4. The van der Waals surface area contributed by atoms with Crippen molar-refractivity contribution < 1.29 is 0 Å². The molecular formula is C14H19N5. The third kappa shape index (κ3) is 1.81. The lowest BCUT2D eigenvalue weighted by atomic mass is 10.2. The average Bonchev–Trinajstić information content (AvgIpc) is 3.01. The van der Waals surface area contributed by atoms with Crippen molar-refractivity contribution in [3.05, 3.63) is 24.3 Å². The van der Waals surface area contributed by atoms with E-state index in [1.165, 1.54) is 0 Å². The van der Waals surface area contributed by atoms with Crippen LogP contribution in [0, 0.1) is 0 Å². The van der Waals surface area contributed by atoms with E-state index in [9.17, 15) is 0 Å². The first-order valence-corrected chi connectivity index (χ1v) is 6.79. The lowest BCUT2D eigenvalue weighted by molar-refractivity contribution is 0.495. The second-order valence-corrected chi connectivity index (χ2v) is 4.97. The molecule has 0 amide bonds. The summed E-state index contributed by atoms with van der Waals surface area (Å²) in [5, 5.41) is 1.12. The molecule has 5 nitrogen and oxygen atoms in total. The molecule has 0 saturated carbocycles. The van der Waals surface area contributed by atoms with E-state index in [2.05, 4.69) is 39.4 Å². The molecule has 0 fully saturated rings. The van der Waals surface area contributed by atoms with Gasteiger partial charge in [0, 0.05) is 17.6 Å². The van der Waals surface area contributed by atoms with Crippen molar-refractivity contribution in [2.75, 3.05) is 0 Å². The van der Waals surface area contributed by atoms with Gasteiger partial charge >= 0.3 is 0 Å². The number of aromatic nitrogens is 4. The van der Waals surface area contributed by atoms with Gasteiger partial charge in [-0.2, -0.15) is 0 Å². The van der Waals surface area contributed by atoms with Gasteiger partial charge in [-0.3, -0.25) is 0 Å². The van der Waals surface area contributed by atoms with E-state index in [-0.39, 0.29) is 0 Å². The summed E-state index contributed by atoms with van der Waals surface area (Å²) in [7, 11) is 0. The van der Waals surface area contributed by atoms with Gasteiger partial charge in [-0.15, -0.1) is 0 Å². The van der Waals surface area contributed by atoms with Gasteiger partial charge in [0.25, 0.3) is 0 Å². The van der Waals surface area contributed by atoms with Crippen LogP contribution in [0.3, 0.4) is 0 Å². The van der Waals surface area contributed by atoms with Crippen molar-refractivity contribution in [2.24, 2.45) is 5.73 Å². The minimum absolute atomic E-state index is 0.397. The fraction of sp³-hybridized carbons (Fsp3) is 0.429. The Morgan fingerprint density at radius 1 is 1.47 bits per heavy atom. The molecule has 3 heterocycles. The zero-order valence-electron chi connectivity index (χ0n) is 11.3. The maximum atomic E-state index is 5.86. The quantitative estimate of drug-likeness (QED) is 0.754. The van der Waals surface area contributed by atoms with Crippen LogP contribution in [0.25, 0.3) is 22.1 Å². The SMILES string of the molecule is CCC[C@@H](C)n1c(CN)nc2cnc3[nH]ccc3c21. The monoisotopic (exact) mass is 257 g/mol. The van der Waals surface area contributed by atoms with E-state index in [0.717, 1.165) is 40.7 Å². The summed E-state index contributed by atoms with van der Waals surface area (Å²) in [6.45, 7) is 4.88. The lowest BCUT2D eigenvalue weighted by Crippen LogP contribution is -2.12. The summed E-state index contributed by atoms with van der Waals surface area (Å²) in [6.07, 6.45) is 6.00. The van der Waals surface area contributed by atoms with Crippen LogP contribution in [0.1, 0.15) is 38.6 Å². The Bertz CT molecular complexity index is 709. The summed E-state index contributed by atoms with van der Waals surface area (Å²) in [5.41, 5.74) is 8.83. The number of nitrogens with one attached hydrogen (secondary N) is 1. The molecule has 0 unspecified atom stereocenters. The Morgan fingerprint density at radius 2 is 2.32 bits per heavy atom. The first-order chi connectivity index (χ1) is 9.26. The number of pyridine rings is 1. The van der Waals surface area contributed by atoms with Crippen molar-refractivity contribution in [3.63, 3.8) is 0 Å². The normalized spacial score (nSPS) is 13.4. The summed E-state index contributed by atoms with van der Waals surface area (Å²) in [6, 6.07) is 2.45. The number of nitrogens with two attached hydrogens (primary N) is 1. The van der Waals surface area contributed by atoms with Gasteiger partial charge in [0.1, 0.15) is 17.0 Å². The second kappa shape index (κ2) is 4.66. The molecule has 100 valence electrons. The highest BCUT2D eigenvalue weighted by molar-refractivity contribution is 6.01. The van der Waals surface area contributed by atoms with Crippen molar-refractivity contribution in [1.82, 2.24) is 19.5 Å². The standard InChI is InChI=1S/C14H19N5/c1-3-4-9(2)19-12(7-15)18-11-8-17-14-10(13(11)19)5-6-16-14/h5-6,8-9H,3-4,7,15H2,1-2H3,(H,16,17)/t9-/m1/s1. The highest BCUT2D eigenvalue weighted by atomic mass is 15.1. The summed E-state index contributed by atoms with van der Waals surface area (Å²) >= 11 is 0. The Labute approximate surface area is 111 Å². The average molecular weight is 257 g/mol. The molecule has 0 saturated heterocycles. The predicted octanol–water partition coefficient (Wildman–Crippen LogP) is 2.73. The van der Waals surface area contributed by atoms with Crippen molar-refractivity contribution >= 4 is 22.1 Å². The van der Waals surface area contributed by atoms with Gasteiger partial charge in [0.2, 0.25) is 0 Å². The predicted molar refractivity (Wildman–Crippen MR) is 76.9 cm³/mol. The van der Waals surface area contributed by atoms with Crippen LogP contribution in [-0.2, 0) is 6.54 Å². The van der Waals surface area contributed by atoms with Gasteiger partial charge in [-0.05, 0) is 19.4 Å². The molecule has 0 bridgehead atoms. The van der Waals surface area contributed by atoms with E-state index in [0.29, 0.717) is 12.6 Å². The number of hydrogen-bond acceptors (Lipinski definition) is 3. The van der Waals surface area contributed by atoms with E-state index in [1.807, 2.05) is 12.4 Å². The van der Waals surface area contributed by atoms with Crippen LogP contribution in [0.5, 0.6) is 0 Å². The Balaban J connectivity index is 2.34. The summed E-state index contributed by atoms with van der Waals surface area (Å²) in [5.74, 6) is 0.937. The zero-order valence-corrected chi connectivity index (χ0v) is 11.3. The van der Waals surface area contributed by atoms with E-state index in [4.69, 9.17) is 5.73 Å². The maximum Gasteiger partial charge on any atom is 0.139 e. The number of fused-ring (bicyclic) bond motifs is 3. The molecular weight excluding hydrogens is 238 g/mol. The number of hydrogen-bond donors (Lipinski definition) is 2. The minimum Gasteiger partial charge on any atom is -0.346 e. The lowest BCUT2D eigenvalue weighted by Gasteiger charge is -2.16.